The molecule has 0 saturated heterocycles. The van der Waals surface area contributed by atoms with Gasteiger partial charge in [-0.1, -0.05) is 23.2 Å². The second-order valence-electron chi connectivity index (χ2n) is 5.94. The quantitative estimate of drug-likeness (QED) is 0.303. The summed E-state index contributed by atoms with van der Waals surface area (Å²) in [5.41, 5.74) is -0.246. The summed E-state index contributed by atoms with van der Waals surface area (Å²) in [5.74, 6) is 0.882. The standard InChI is InChI=1S/C19H17Br2Cl2F3N2O2/c20-17(21)4-7-29-14-8-15(22)18(16(23)9-14)30-6-1-5-27-11-13-3-2-12(10-28-13)19(24,25)26/h2-4,8-10,27H,1,5-7,11H2. The maximum atomic E-state index is 12.5. The van der Waals surface area contributed by atoms with Gasteiger partial charge in [0.2, 0.25) is 0 Å². The molecule has 1 heterocycles. The Hall–Kier alpha value is -1.000. The third-order valence-electron chi connectivity index (χ3n) is 3.66. The Balaban J connectivity index is 1.73. The van der Waals surface area contributed by atoms with Crippen LogP contribution in [-0.2, 0) is 12.7 Å². The van der Waals surface area contributed by atoms with Crippen LogP contribution < -0.4 is 14.8 Å². The Morgan fingerprint density at radius 3 is 2.40 bits per heavy atom. The lowest BCUT2D eigenvalue weighted by atomic mass is 10.2. The van der Waals surface area contributed by atoms with E-state index in [0.717, 1.165) is 15.7 Å². The molecule has 1 aromatic heterocycles. The highest BCUT2D eigenvalue weighted by atomic mass is 79.9. The molecule has 0 amide bonds. The molecule has 0 radical (unpaired) electrons. The number of hydrogen-bond acceptors (Lipinski definition) is 4. The lowest BCUT2D eigenvalue weighted by molar-refractivity contribution is -0.137. The summed E-state index contributed by atoms with van der Waals surface area (Å²) in [7, 11) is 0. The topological polar surface area (TPSA) is 43.4 Å². The number of nitrogens with zero attached hydrogens (tertiary/aromatic N) is 1. The number of hydrogen-bond donors (Lipinski definition) is 1. The SMILES string of the molecule is FC(F)(F)c1ccc(CNCCCOc2c(Cl)cc(OCC=C(Br)Br)cc2Cl)nc1. The third-order valence-corrected chi connectivity index (χ3v) is 4.87. The van der Waals surface area contributed by atoms with Gasteiger partial charge in [0.15, 0.2) is 5.75 Å². The van der Waals surface area contributed by atoms with Gasteiger partial charge in [-0.3, -0.25) is 4.98 Å². The molecule has 1 aromatic carbocycles. The predicted octanol–water partition coefficient (Wildman–Crippen LogP) is 6.98. The van der Waals surface area contributed by atoms with Gasteiger partial charge in [-0.15, -0.1) is 0 Å². The van der Waals surface area contributed by atoms with Crippen molar-refractivity contribution in [3.8, 4) is 11.5 Å². The summed E-state index contributed by atoms with van der Waals surface area (Å²) in [4.78, 5) is 3.80. The number of pyridine rings is 1. The van der Waals surface area contributed by atoms with Crippen LogP contribution in [0.5, 0.6) is 11.5 Å². The second-order valence-corrected chi connectivity index (χ2v) is 9.52. The minimum absolute atomic E-state index is 0.332. The van der Waals surface area contributed by atoms with Crippen LogP contribution >= 0.6 is 55.1 Å². The first-order valence-corrected chi connectivity index (χ1v) is 11.0. The van der Waals surface area contributed by atoms with Crippen LogP contribution in [-0.4, -0.2) is 24.7 Å². The molecule has 0 unspecified atom stereocenters. The van der Waals surface area contributed by atoms with Gasteiger partial charge in [0, 0.05) is 24.9 Å². The van der Waals surface area contributed by atoms with E-state index in [1.54, 1.807) is 18.2 Å². The van der Waals surface area contributed by atoms with Crippen LogP contribution in [0.25, 0.3) is 0 Å². The minimum Gasteiger partial charge on any atom is -0.490 e. The van der Waals surface area contributed by atoms with E-state index in [-0.39, 0.29) is 0 Å². The lowest BCUT2D eigenvalue weighted by Gasteiger charge is -2.12. The molecule has 164 valence electrons. The summed E-state index contributed by atoms with van der Waals surface area (Å²) in [6, 6.07) is 5.60. The van der Waals surface area contributed by atoms with Crippen LogP contribution in [0.15, 0.2) is 39.9 Å². The Morgan fingerprint density at radius 2 is 1.83 bits per heavy atom. The highest BCUT2D eigenvalue weighted by Crippen LogP contribution is 2.37. The fourth-order valence-electron chi connectivity index (χ4n) is 2.24. The van der Waals surface area contributed by atoms with E-state index in [2.05, 4.69) is 42.2 Å². The van der Waals surface area contributed by atoms with Gasteiger partial charge < -0.3 is 14.8 Å². The number of aromatic nitrogens is 1. The van der Waals surface area contributed by atoms with Crippen molar-refractivity contribution in [2.75, 3.05) is 19.8 Å². The van der Waals surface area contributed by atoms with Crippen molar-refractivity contribution in [1.82, 2.24) is 10.3 Å². The molecule has 1 N–H and O–H groups in total. The van der Waals surface area contributed by atoms with Gasteiger partial charge in [-0.25, -0.2) is 0 Å². The summed E-state index contributed by atoms with van der Waals surface area (Å²) in [5, 5.41) is 3.76. The maximum Gasteiger partial charge on any atom is 0.417 e. The van der Waals surface area contributed by atoms with Crippen molar-refractivity contribution >= 4 is 55.1 Å². The van der Waals surface area contributed by atoms with Crippen molar-refractivity contribution < 1.29 is 22.6 Å². The third kappa shape index (κ3) is 8.63. The second kappa shape index (κ2) is 12.1. The predicted molar refractivity (Wildman–Crippen MR) is 119 cm³/mol. The molecule has 4 nitrogen and oxygen atoms in total. The van der Waals surface area contributed by atoms with Gasteiger partial charge in [-0.2, -0.15) is 13.2 Å². The van der Waals surface area contributed by atoms with Gasteiger partial charge in [0.05, 0.1) is 31.3 Å². The van der Waals surface area contributed by atoms with E-state index in [4.69, 9.17) is 32.7 Å². The number of nitrogens with one attached hydrogen (secondary N) is 1. The van der Waals surface area contributed by atoms with Crippen molar-refractivity contribution in [2.45, 2.75) is 19.1 Å². The van der Waals surface area contributed by atoms with E-state index < -0.39 is 11.7 Å². The number of benzene rings is 1. The lowest BCUT2D eigenvalue weighted by Crippen LogP contribution is -2.18. The maximum absolute atomic E-state index is 12.5. The van der Waals surface area contributed by atoms with Crippen LogP contribution in [0.3, 0.4) is 0 Å². The van der Waals surface area contributed by atoms with Crippen molar-refractivity contribution in [3.05, 3.63) is 61.2 Å². The molecular formula is C19H17Br2Cl2F3N2O2. The largest absolute Gasteiger partial charge is 0.490 e. The van der Waals surface area contributed by atoms with Crippen LogP contribution in [0.4, 0.5) is 13.2 Å². The summed E-state index contributed by atoms with van der Waals surface area (Å²) >= 11 is 18.9. The fraction of sp³-hybridized carbons (Fsp3) is 0.316. The van der Waals surface area contributed by atoms with Gasteiger partial charge in [0.1, 0.15) is 12.4 Å². The summed E-state index contributed by atoms with van der Waals surface area (Å²) in [6.45, 7) is 1.61. The molecule has 0 fully saturated rings. The zero-order valence-electron chi connectivity index (χ0n) is 15.4. The van der Waals surface area contributed by atoms with E-state index in [1.165, 1.54) is 6.07 Å². The van der Waals surface area contributed by atoms with Crippen molar-refractivity contribution in [2.24, 2.45) is 0 Å². The molecule has 0 bridgehead atoms. The highest BCUT2D eigenvalue weighted by Gasteiger charge is 2.30. The first-order chi connectivity index (χ1) is 14.2. The Morgan fingerprint density at radius 1 is 1.13 bits per heavy atom. The number of halogens is 7. The molecule has 0 spiro atoms. The van der Waals surface area contributed by atoms with E-state index in [0.29, 0.717) is 60.0 Å². The molecule has 30 heavy (non-hydrogen) atoms. The van der Waals surface area contributed by atoms with E-state index in [9.17, 15) is 13.2 Å². The average molecular weight is 593 g/mol. The van der Waals surface area contributed by atoms with Crippen molar-refractivity contribution in [1.29, 1.82) is 0 Å². The monoisotopic (exact) mass is 590 g/mol. The number of ether oxygens (including phenoxy) is 2. The fourth-order valence-corrected chi connectivity index (χ4v) is 3.08. The smallest absolute Gasteiger partial charge is 0.417 e. The normalized spacial score (nSPS) is 11.3. The van der Waals surface area contributed by atoms with Crippen LogP contribution in [0.1, 0.15) is 17.7 Å². The van der Waals surface area contributed by atoms with E-state index >= 15 is 0 Å². The molecular weight excluding hydrogens is 576 g/mol. The molecule has 0 aliphatic rings. The first-order valence-electron chi connectivity index (χ1n) is 8.65. The Bertz CT molecular complexity index is 839. The number of alkyl halides is 3. The molecule has 2 aromatic rings. The van der Waals surface area contributed by atoms with E-state index in [1.807, 2.05) is 0 Å². The zero-order valence-corrected chi connectivity index (χ0v) is 20.1. The first kappa shape index (κ1) is 25.3. The van der Waals surface area contributed by atoms with Gasteiger partial charge in [0.25, 0.3) is 0 Å². The molecule has 0 aliphatic heterocycles. The molecule has 0 atom stereocenters. The van der Waals surface area contributed by atoms with Gasteiger partial charge >= 0.3 is 6.18 Å². The van der Waals surface area contributed by atoms with Crippen molar-refractivity contribution in [3.63, 3.8) is 0 Å². The zero-order chi connectivity index (χ0) is 22.1. The van der Waals surface area contributed by atoms with Crippen LogP contribution in [0, 0.1) is 0 Å². The molecule has 2 rings (SSSR count). The number of rotatable bonds is 10. The van der Waals surface area contributed by atoms with Crippen LogP contribution in [0.2, 0.25) is 10.0 Å². The Labute approximate surface area is 199 Å². The highest BCUT2D eigenvalue weighted by molar-refractivity contribution is 9.28. The molecule has 0 aliphatic carbocycles. The average Bonchev–Trinajstić information content (AvgIpc) is 2.65. The molecule has 11 heteroatoms. The Kier molecular flexibility index (Phi) is 10.2. The molecule has 0 saturated carbocycles. The minimum atomic E-state index is -4.38. The summed E-state index contributed by atoms with van der Waals surface area (Å²) < 4.78 is 49.5. The summed E-state index contributed by atoms with van der Waals surface area (Å²) in [6.07, 6.45) is -1.15. The van der Waals surface area contributed by atoms with Gasteiger partial charge in [-0.05, 0) is 63.0 Å².